The molecule has 0 atom stereocenters. The van der Waals surface area contributed by atoms with Crippen molar-refractivity contribution >= 4 is 31.2 Å². The average Bonchev–Trinajstić information content (AvgIpc) is 2.67. The maximum absolute atomic E-state index is 10.2. The fraction of sp³-hybridized carbons (Fsp3) is 0.875. The Kier molecular flexibility index (Phi) is 7.69. The van der Waals surface area contributed by atoms with E-state index in [0.717, 1.165) is 32.2 Å². The highest BCUT2D eigenvalue weighted by atomic mass is 35.5. The van der Waals surface area contributed by atoms with Crippen LogP contribution in [0.15, 0.2) is 0 Å². The van der Waals surface area contributed by atoms with E-state index in [9.17, 15) is 4.79 Å². The van der Waals surface area contributed by atoms with Crippen molar-refractivity contribution in [3.05, 3.63) is 0 Å². The van der Waals surface area contributed by atoms with Crippen molar-refractivity contribution < 1.29 is 4.79 Å². The molecule has 0 aliphatic heterocycles. The van der Waals surface area contributed by atoms with E-state index in [1.54, 1.807) is 0 Å². The number of nitrogens with one attached hydrogen (secondary N) is 1. The normalized spacial score (nSPS) is 16.8. The van der Waals surface area contributed by atoms with Gasteiger partial charge in [-0.05, 0) is 39.9 Å². The van der Waals surface area contributed by atoms with Gasteiger partial charge in [-0.2, -0.15) is 0 Å². The highest BCUT2D eigenvalue weighted by Gasteiger charge is 2.41. The lowest BCUT2D eigenvalue weighted by Gasteiger charge is -2.16. The number of carbonyl (C=O) groups is 1. The summed E-state index contributed by atoms with van der Waals surface area (Å²) in [6.45, 7) is 1.06. The van der Waals surface area contributed by atoms with Crippen molar-refractivity contribution in [1.82, 2.24) is 10.2 Å². The smallest absolute Gasteiger partial charge is 0.207 e. The van der Waals surface area contributed by atoms with Gasteiger partial charge in [0.2, 0.25) is 6.41 Å². The minimum atomic E-state index is 0. The summed E-state index contributed by atoms with van der Waals surface area (Å²) in [6.07, 6.45) is 4.21. The lowest BCUT2D eigenvalue weighted by atomic mass is 10.2. The van der Waals surface area contributed by atoms with Crippen LogP contribution >= 0.6 is 24.8 Å². The van der Waals surface area contributed by atoms with E-state index in [1.165, 1.54) is 0 Å². The molecule has 1 N–H and O–H groups in total. The predicted octanol–water partition coefficient (Wildman–Crippen LogP) is 1.06. The van der Waals surface area contributed by atoms with Gasteiger partial charge in [-0.25, -0.2) is 0 Å². The van der Waals surface area contributed by atoms with Crippen LogP contribution in [0, 0.1) is 0 Å². The Morgan fingerprint density at radius 2 is 1.92 bits per heavy atom. The number of hydrogen-bond donors (Lipinski definition) is 1. The number of amides is 1. The average molecular weight is 229 g/mol. The molecule has 13 heavy (non-hydrogen) atoms. The number of nitrogens with zero attached hydrogens (tertiary/aromatic N) is 1. The zero-order chi connectivity index (χ0) is 8.32. The van der Waals surface area contributed by atoms with E-state index in [2.05, 4.69) is 24.3 Å². The molecule has 0 saturated heterocycles. The van der Waals surface area contributed by atoms with Crippen LogP contribution in [-0.2, 0) is 4.79 Å². The molecular weight excluding hydrogens is 211 g/mol. The van der Waals surface area contributed by atoms with Crippen LogP contribution in [0.5, 0.6) is 0 Å². The second-order valence-electron chi connectivity index (χ2n) is 3.60. The second-order valence-corrected chi connectivity index (χ2v) is 3.60. The van der Waals surface area contributed by atoms with Crippen LogP contribution in [0.4, 0.5) is 0 Å². The molecule has 1 saturated carbocycles. The Morgan fingerprint density at radius 1 is 1.38 bits per heavy atom. The number of halogens is 2. The van der Waals surface area contributed by atoms with E-state index in [1.807, 2.05) is 0 Å². The standard InChI is InChI=1S/C8H16N2O.2ClH/c1-10(2)6-5-8(3-4-8)9-7-11;;/h7H,3-6H2,1-2H3,(H,9,11);2*1H. The summed E-state index contributed by atoms with van der Waals surface area (Å²) >= 11 is 0. The first kappa shape index (κ1) is 15.5. The Balaban J connectivity index is 0. The topological polar surface area (TPSA) is 32.3 Å². The largest absolute Gasteiger partial charge is 0.353 e. The van der Waals surface area contributed by atoms with Crippen LogP contribution in [0.25, 0.3) is 0 Å². The van der Waals surface area contributed by atoms with Crippen LogP contribution in [0.3, 0.4) is 0 Å². The molecule has 0 spiro atoms. The zero-order valence-electron chi connectivity index (χ0n) is 8.08. The van der Waals surface area contributed by atoms with Gasteiger partial charge >= 0.3 is 0 Å². The molecule has 1 amide bonds. The van der Waals surface area contributed by atoms with Gasteiger partial charge in [0.05, 0.1) is 0 Å². The quantitative estimate of drug-likeness (QED) is 0.715. The van der Waals surface area contributed by atoms with Crippen molar-refractivity contribution in [2.24, 2.45) is 0 Å². The summed E-state index contributed by atoms with van der Waals surface area (Å²) in [6, 6.07) is 0. The lowest BCUT2D eigenvalue weighted by molar-refractivity contribution is -0.110. The van der Waals surface area contributed by atoms with Gasteiger partial charge in [-0.1, -0.05) is 0 Å². The molecule has 3 nitrogen and oxygen atoms in total. The summed E-state index contributed by atoms with van der Waals surface area (Å²) in [5, 5.41) is 2.88. The van der Waals surface area contributed by atoms with E-state index in [-0.39, 0.29) is 30.4 Å². The number of carbonyl (C=O) groups excluding carboxylic acids is 1. The van der Waals surface area contributed by atoms with Crippen molar-refractivity contribution in [2.75, 3.05) is 20.6 Å². The zero-order valence-corrected chi connectivity index (χ0v) is 9.71. The number of rotatable bonds is 5. The third-order valence-electron chi connectivity index (χ3n) is 2.26. The van der Waals surface area contributed by atoms with Crippen molar-refractivity contribution in [3.63, 3.8) is 0 Å². The molecule has 1 fully saturated rings. The van der Waals surface area contributed by atoms with Crippen LogP contribution < -0.4 is 5.32 Å². The summed E-state index contributed by atoms with van der Waals surface area (Å²) in [5.41, 5.74) is 0.173. The molecule has 0 unspecified atom stereocenters. The number of hydrogen-bond acceptors (Lipinski definition) is 2. The minimum Gasteiger partial charge on any atom is -0.353 e. The second kappa shape index (κ2) is 6.46. The first-order chi connectivity index (χ1) is 5.18. The fourth-order valence-electron chi connectivity index (χ4n) is 1.18. The predicted molar refractivity (Wildman–Crippen MR) is 58.8 cm³/mol. The molecule has 0 radical (unpaired) electrons. The van der Waals surface area contributed by atoms with Crippen LogP contribution in [0.2, 0.25) is 0 Å². The van der Waals surface area contributed by atoms with Crippen molar-refractivity contribution in [2.45, 2.75) is 24.8 Å². The van der Waals surface area contributed by atoms with Gasteiger partial charge < -0.3 is 10.2 Å². The highest BCUT2D eigenvalue weighted by Crippen LogP contribution is 2.38. The molecule has 5 heteroatoms. The molecule has 0 aromatic carbocycles. The molecule has 0 aromatic heterocycles. The molecule has 1 rings (SSSR count). The third-order valence-corrected chi connectivity index (χ3v) is 2.26. The molecule has 1 aliphatic carbocycles. The van der Waals surface area contributed by atoms with Gasteiger partial charge in [-0.3, -0.25) is 4.79 Å². The van der Waals surface area contributed by atoms with Crippen molar-refractivity contribution in [1.29, 1.82) is 0 Å². The minimum absolute atomic E-state index is 0. The lowest BCUT2D eigenvalue weighted by Crippen LogP contribution is -2.33. The SMILES string of the molecule is CN(C)CCC1(NC=O)CC1.Cl.Cl. The maximum Gasteiger partial charge on any atom is 0.207 e. The Morgan fingerprint density at radius 3 is 2.23 bits per heavy atom. The molecule has 0 heterocycles. The Bertz CT molecular complexity index is 149. The van der Waals surface area contributed by atoms with Crippen molar-refractivity contribution in [3.8, 4) is 0 Å². The summed E-state index contributed by atoms with van der Waals surface area (Å²) in [5.74, 6) is 0. The van der Waals surface area contributed by atoms with E-state index in [4.69, 9.17) is 0 Å². The molecule has 80 valence electrons. The first-order valence-electron chi connectivity index (χ1n) is 4.05. The highest BCUT2D eigenvalue weighted by molar-refractivity contribution is 5.85. The summed E-state index contributed by atoms with van der Waals surface area (Å²) < 4.78 is 0. The van der Waals surface area contributed by atoms with Gasteiger partial charge in [-0.15, -0.1) is 24.8 Å². The maximum atomic E-state index is 10.2. The van der Waals surface area contributed by atoms with Crippen LogP contribution in [-0.4, -0.2) is 37.5 Å². The van der Waals surface area contributed by atoms with E-state index < -0.39 is 0 Å². The van der Waals surface area contributed by atoms with Gasteiger partial charge in [0.15, 0.2) is 0 Å². The van der Waals surface area contributed by atoms with Gasteiger partial charge in [0.25, 0.3) is 0 Å². The molecule has 1 aliphatic rings. The Hall–Kier alpha value is 0.01000. The third kappa shape index (κ3) is 5.34. The van der Waals surface area contributed by atoms with Gasteiger partial charge in [0, 0.05) is 5.54 Å². The molecule has 0 aromatic rings. The Labute approximate surface area is 92.1 Å². The summed E-state index contributed by atoms with van der Waals surface area (Å²) in [7, 11) is 4.11. The van der Waals surface area contributed by atoms with Gasteiger partial charge in [0.1, 0.15) is 0 Å². The van der Waals surface area contributed by atoms with Crippen LogP contribution in [0.1, 0.15) is 19.3 Å². The molecular formula is C8H18Cl2N2O. The monoisotopic (exact) mass is 228 g/mol. The molecule has 0 bridgehead atoms. The first-order valence-corrected chi connectivity index (χ1v) is 4.05. The summed E-state index contributed by atoms with van der Waals surface area (Å²) in [4.78, 5) is 12.3. The van der Waals surface area contributed by atoms with E-state index >= 15 is 0 Å². The van der Waals surface area contributed by atoms with E-state index in [0.29, 0.717) is 0 Å². The fourth-order valence-corrected chi connectivity index (χ4v) is 1.18.